The molecule has 1 fully saturated rings. The van der Waals surface area contributed by atoms with E-state index in [0.29, 0.717) is 13.0 Å². The van der Waals surface area contributed by atoms with E-state index in [9.17, 15) is 8.42 Å². The van der Waals surface area contributed by atoms with Crippen molar-refractivity contribution < 1.29 is 13.0 Å². The molecule has 4 nitrogen and oxygen atoms in total. The molecule has 0 aromatic carbocycles. The van der Waals surface area contributed by atoms with Crippen LogP contribution in [0.5, 0.6) is 0 Å². The van der Waals surface area contributed by atoms with E-state index in [0.717, 1.165) is 13.0 Å². The molecule has 1 saturated heterocycles. The van der Waals surface area contributed by atoms with Gasteiger partial charge in [0.25, 0.3) is 10.1 Å². The maximum Gasteiger partial charge on any atom is 0.269 e. The molecule has 60 valence electrons. The number of piperidine rings is 1. The number of hydrogen-bond donors (Lipinski definition) is 2. The summed E-state index contributed by atoms with van der Waals surface area (Å²) in [6, 6.07) is 0. The van der Waals surface area contributed by atoms with Crippen molar-refractivity contribution in [2.45, 2.75) is 18.1 Å². The van der Waals surface area contributed by atoms with Crippen LogP contribution < -0.4 is 5.32 Å². The number of hydrogen-bond acceptors (Lipinski definition) is 3. The van der Waals surface area contributed by atoms with E-state index in [-0.39, 0.29) is 0 Å². The van der Waals surface area contributed by atoms with Crippen LogP contribution in [0.25, 0.3) is 0 Å². The summed E-state index contributed by atoms with van der Waals surface area (Å²) in [6.07, 6.45) is 1.40. The van der Waals surface area contributed by atoms with Gasteiger partial charge < -0.3 is 5.32 Å². The molecule has 0 aliphatic carbocycles. The number of rotatable bonds is 1. The van der Waals surface area contributed by atoms with Crippen LogP contribution in [0.3, 0.4) is 0 Å². The summed E-state index contributed by atoms with van der Waals surface area (Å²) in [4.78, 5) is 0. The molecule has 0 saturated carbocycles. The molecule has 1 aliphatic heterocycles. The maximum atomic E-state index is 10.5. The molecule has 1 heterocycles. The molecule has 0 amide bonds. The Hall–Kier alpha value is -0.130. The first kappa shape index (κ1) is 7.97. The van der Waals surface area contributed by atoms with E-state index >= 15 is 0 Å². The van der Waals surface area contributed by atoms with Crippen LogP contribution in [-0.4, -0.2) is 31.3 Å². The molecular formula is C5H11NO3S. The molecule has 0 aromatic rings. The molecule has 1 atom stereocenters. The van der Waals surface area contributed by atoms with E-state index in [2.05, 4.69) is 5.32 Å². The third-order valence-corrected chi connectivity index (χ3v) is 2.92. The average Bonchev–Trinajstić information content (AvgIpc) is 1.88. The third-order valence-electron chi connectivity index (χ3n) is 1.67. The standard InChI is InChI=1S/C5H11NO3S/c7-10(8,9)5-2-1-3-6-4-5/h5-6H,1-4H2,(H,7,8,9)/t5-/m1/s1. The monoisotopic (exact) mass is 165 g/mol. The van der Waals surface area contributed by atoms with Crippen molar-refractivity contribution in [1.82, 2.24) is 5.32 Å². The first-order valence-electron chi connectivity index (χ1n) is 3.28. The van der Waals surface area contributed by atoms with Gasteiger partial charge in [-0.3, -0.25) is 4.55 Å². The Balaban J connectivity index is 2.56. The second-order valence-corrected chi connectivity index (χ2v) is 4.18. The van der Waals surface area contributed by atoms with E-state index in [1.165, 1.54) is 0 Å². The Labute approximate surface area is 60.4 Å². The summed E-state index contributed by atoms with van der Waals surface area (Å²) in [5.41, 5.74) is 0. The van der Waals surface area contributed by atoms with Crippen molar-refractivity contribution in [3.8, 4) is 0 Å². The Morgan fingerprint density at radius 3 is 2.50 bits per heavy atom. The highest BCUT2D eigenvalue weighted by atomic mass is 32.2. The van der Waals surface area contributed by atoms with Crippen molar-refractivity contribution in [3.05, 3.63) is 0 Å². The zero-order valence-corrected chi connectivity index (χ0v) is 6.39. The topological polar surface area (TPSA) is 66.4 Å². The predicted octanol–water partition coefficient (Wildman–Crippen LogP) is -0.374. The molecule has 0 aromatic heterocycles. The second-order valence-electron chi connectivity index (χ2n) is 2.48. The van der Waals surface area contributed by atoms with Crippen molar-refractivity contribution >= 4 is 10.1 Å². The minimum atomic E-state index is -3.79. The predicted molar refractivity (Wildman–Crippen MR) is 37.4 cm³/mol. The van der Waals surface area contributed by atoms with Crippen LogP contribution in [0.4, 0.5) is 0 Å². The van der Waals surface area contributed by atoms with Crippen molar-refractivity contribution in [2.75, 3.05) is 13.1 Å². The lowest BCUT2D eigenvalue weighted by molar-refractivity contribution is 0.433. The lowest BCUT2D eigenvalue weighted by atomic mass is 10.2. The van der Waals surface area contributed by atoms with Gasteiger partial charge >= 0.3 is 0 Å². The molecule has 0 unspecified atom stereocenters. The molecule has 0 spiro atoms. The summed E-state index contributed by atoms with van der Waals surface area (Å²) in [5.74, 6) is 0. The quantitative estimate of drug-likeness (QED) is 0.520. The lowest BCUT2D eigenvalue weighted by Crippen LogP contribution is -2.38. The second kappa shape index (κ2) is 2.86. The van der Waals surface area contributed by atoms with Crippen LogP contribution in [0, 0.1) is 0 Å². The van der Waals surface area contributed by atoms with Gasteiger partial charge in [-0.1, -0.05) is 0 Å². The van der Waals surface area contributed by atoms with Gasteiger partial charge in [-0.15, -0.1) is 0 Å². The van der Waals surface area contributed by atoms with Crippen LogP contribution >= 0.6 is 0 Å². The Morgan fingerprint density at radius 1 is 1.50 bits per heavy atom. The Morgan fingerprint density at radius 2 is 2.20 bits per heavy atom. The molecule has 1 rings (SSSR count). The molecule has 0 bridgehead atoms. The van der Waals surface area contributed by atoms with E-state index < -0.39 is 15.4 Å². The lowest BCUT2D eigenvalue weighted by Gasteiger charge is -2.19. The highest BCUT2D eigenvalue weighted by Crippen LogP contribution is 2.09. The average molecular weight is 165 g/mol. The summed E-state index contributed by atoms with van der Waals surface area (Å²) in [5, 5.41) is 2.32. The fraction of sp³-hybridized carbons (Fsp3) is 1.00. The van der Waals surface area contributed by atoms with E-state index in [1.807, 2.05) is 0 Å². The van der Waals surface area contributed by atoms with Crippen molar-refractivity contribution in [1.29, 1.82) is 0 Å². The SMILES string of the molecule is O=S(=O)(O)[C@@H]1CCCNC1. The Kier molecular flexibility index (Phi) is 2.28. The van der Waals surface area contributed by atoms with Crippen LogP contribution in [0.2, 0.25) is 0 Å². The van der Waals surface area contributed by atoms with Gasteiger partial charge in [0.2, 0.25) is 0 Å². The highest BCUT2D eigenvalue weighted by molar-refractivity contribution is 7.86. The summed E-state index contributed by atoms with van der Waals surface area (Å²) < 4.78 is 29.6. The molecule has 2 N–H and O–H groups in total. The highest BCUT2D eigenvalue weighted by Gasteiger charge is 2.24. The van der Waals surface area contributed by atoms with E-state index in [4.69, 9.17) is 4.55 Å². The molecule has 1 aliphatic rings. The van der Waals surface area contributed by atoms with Gasteiger partial charge in [0, 0.05) is 6.54 Å². The minimum Gasteiger partial charge on any atom is -0.315 e. The normalized spacial score (nSPS) is 28.3. The van der Waals surface area contributed by atoms with Crippen LogP contribution in [-0.2, 0) is 10.1 Å². The van der Waals surface area contributed by atoms with Crippen LogP contribution in [0.15, 0.2) is 0 Å². The van der Waals surface area contributed by atoms with Gasteiger partial charge in [-0.2, -0.15) is 8.42 Å². The molecule has 10 heavy (non-hydrogen) atoms. The fourth-order valence-electron chi connectivity index (χ4n) is 1.07. The van der Waals surface area contributed by atoms with Gasteiger partial charge in [-0.25, -0.2) is 0 Å². The zero-order valence-electron chi connectivity index (χ0n) is 5.58. The molecular weight excluding hydrogens is 154 g/mol. The van der Waals surface area contributed by atoms with Gasteiger partial charge in [0.1, 0.15) is 0 Å². The Bertz CT molecular complexity index is 193. The minimum absolute atomic E-state index is 0.388. The van der Waals surface area contributed by atoms with Crippen LogP contribution in [0.1, 0.15) is 12.8 Å². The maximum absolute atomic E-state index is 10.5. The number of nitrogens with one attached hydrogen (secondary N) is 1. The van der Waals surface area contributed by atoms with E-state index in [1.54, 1.807) is 0 Å². The smallest absolute Gasteiger partial charge is 0.269 e. The largest absolute Gasteiger partial charge is 0.315 e. The van der Waals surface area contributed by atoms with Gasteiger partial charge in [0.15, 0.2) is 0 Å². The summed E-state index contributed by atoms with van der Waals surface area (Å²) in [7, 11) is -3.79. The molecule has 0 radical (unpaired) electrons. The van der Waals surface area contributed by atoms with Crippen molar-refractivity contribution in [2.24, 2.45) is 0 Å². The molecule has 5 heteroatoms. The first-order valence-corrected chi connectivity index (χ1v) is 4.78. The van der Waals surface area contributed by atoms with Gasteiger partial charge in [-0.05, 0) is 19.4 Å². The summed E-state index contributed by atoms with van der Waals surface area (Å²) >= 11 is 0. The van der Waals surface area contributed by atoms with Crippen molar-refractivity contribution in [3.63, 3.8) is 0 Å². The zero-order chi connectivity index (χ0) is 7.61. The summed E-state index contributed by atoms with van der Waals surface area (Å²) in [6.45, 7) is 1.24. The third kappa shape index (κ3) is 1.93. The first-order chi connectivity index (χ1) is 4.61. The fourth-order valence-corrected chi connectivity index (χ4v) is 1.87. The van der Waals surface area contributed by atoms with Gasteiger partial charge in [0.05, 0.1) is 5.25 Å².